The average Bonchev–Trinajstić information content (AvgIpc) is 3.23. The molecule has 3 heterocycles. The molecule has 1 aliphatic heterocycles. The standard InChI is InChI=1S/C24H16ClN3O2S/c25-18-6-8-23-20(13-18)28(14-17-3-1-2-4-22(17)30-23)24-27-19(15-31-24)21(29)7-5-16-9-11-26-12-10-16/h1-13,15H,14H2/b7-5-. The van der Waals surface area contributed by atoms with Gasteiger partial charge < -0.3 is 9.64 Å². The van der Waals surface area contributed by atoms with Crippen molar-refractivity contribution in [3.05, 3.63) is 100 Å². The number of hydrogen-bond acceptors (Lipinski definition) is 6. The van der Waals surface area contributed by atoms with Gasteiger partial charge in [-0.1, -0.05) is 35.9 Å². The number of ketones is 1. The minimum atomic E-state index is -0.155. The monoisotopic (exact) mass is 445 g/mol. The van der Waals surface area contributed by atoms with E-state index in [9.17, 15) is 4.79 Å². The number of allylic oxidation sites excluding steroid dienone is 1. The van der Waals surface area contributed by atoms with Crippen LogP contribution in [0.15, 0.2) is 78.4 Å². The molecule has 0 N–H and O–H groups in total. The number of halogens is 1. The summed E-state index contributed by atoms with van der Waals surface area (Å²) in [5.41, 5.74) is 3.14. The molecule has 2 aromatic carbocycles. The molecule has 0 saturated carbocycles. The van der Waals surface area contributed by atoms with Crippen molar-refractivity contribution in [2.75, 3.05) is 4.90 Å². The number of pyridine rings is 1. The lowest BCUT2D eigenvalue weighted by Gasteiger charge is -2.21. The number of ether oxygens (including phenoxy) is 1. The molecule has 0 fully saturated rings. The van der Waals surface area contributed by atoms with Gasteiger partial charge >= 0.3 is 0 Å². The molecule has 2 aromatic heterocycles. The van der Waals surface area contributed by atoms with Crippen molar-refractivity contribution in [2.45, 2.75) is 6.54 Å². The maximum absolute atomic E-state index is 12.7. The lowest BCUT2D eigenvalue weighted by atomic mass is 10.2. The molecule has 0 saturated heterocycles. The lowest BCUT2D eigenvalue weighted by molar-refractivity contribution is 0.104. The van der Waals surface area contributed by atoms with Crippen LogP contribution in [0.25, 0.3) is 6.08 Å². The van der Waals surface area contributed by atoms with E-state index in [1.807, 2.05) is 53.4 Å². The van der Waals surface area contributed by atoms with Gasteiger partial charge in [-0.25, -0.2) is 4.98 Å². The summed E-state index contributed by atoms with van der Waals surface area (Å²) < 4.78 is 6.14. The summed E-state index contributed by atoms with van der Waals surface area (Å²) in [4.78, 5) is 23.3. The third-order valence-corrected chi connectivity index (χ3v) is 5.94. The van der Waals surface area contributed by atoms with Crippen molar-refractivity contribution in [1.82, 2.24) is 9.97 Å². The van der Waals surface area contributed by atoms with Crippen LogP contribution in [0, 0.1) is 0 Å². The number of nitrogens with zero attached hydrogens (tertiary/aromatic N) is 3. The fraction of sp³-hybridized carbons (Fsp3) is 0.0417. The first kappa shape index (κ1) is 19.5. The molecule has 31 heavy (non-hydrogen) atoms. The summed E-state index contributed by atoms with van der Waals surface area (Å²) in [6.07, 6.45) is 6.66. The predicted molar refractivity (Wildman–Crippen MR) is 124 cm³/mol. The van der Waals surface area contributed by atoms with Gasteiger partial charge in [0.15, 0.2) is 10.9 Å². The Hall–Kier alpha value is -3.48. The number of para-hydroxylation sites is 1. The number of aromatic nitrogens is 2. The summed E-state index contributed by atoms with van der Waals surface area (Å²) in [6.45, 7) is 0.553. The molecule has 5 rings (SSSR count). The molecule has 0 aliphatic carbocycles. The van der Waals surface area contributed by atoms with Crippen LogP contribution in [0.5, 0.6) is 11.5 Å². The number of carbonyl (C=O) groups is 1. The highest BCUT2D eigenvalue weighted by molar-refractivity contribution is 7.14. The topological polar surface area (TPSA) is 55.3 Å². The second-order valence-corrected chi connectivity index (χ2v) is 8.17. The van der Waals surface area contributed by atoms with Gasteiger partial charge in [-0.05, 0) is 48.0 Å². The Morgan fingerprint density at radius 3 is 2.81 bits per heavy atom. The molecule has 0 radical (unpaired) electrons. The van der Waals surface area contributed by atoms with Crippen LogP contribution in [-0.4, -0.2) is 15.8 Å². The summed E-state index contributed by atoms with van der Waals surface area (Å²) in [6, 6.07) is 17.1. The Kier molecular flexibility index (Phi) is 5.24. The first-order valence-electron chi connectivity index (χ1n) is 9.58. The number of anilines is 2. The van der Waals surface area contributed by atoms with Crippen LogP contribution in [-0.2, 0) is 6.54 Å². The van der Waals surface area contributed by atoms with Gasteiger partial charge in [0.05, 0.1) is 12.2 Å². The molecule has 0 amide bonds. The van der Waals surface area contributed by atoms with Gasteiger partial charge in [-0.2, -0.15) is 0 Å². The molecule has 1 aliphatic rings. The van der Waals surface area contributed by atoms with Gasteiger partial charge in [0.25, 0.3) is 0 Å². The molecule has 0 bridgehead atoms. The summed E-state index contributed by atoms with van der Waals surface area (Å²) in [5.74, 6) is 1.33. The van der Waals surface area contributed by atoms with Gasteiger partial charge in [-0.15, -0.1) is 11.3 Å². The quantitative estimate of drug-likeness (QED) is 0.264. The maximum Gasteiger partial charge on any atom is 0.205 e. The molecule has 0 atom stereocenters. The van der Waals surface area contributed by atoms with Gasteiger partial charge in [0, 0.05) is 28.4 Å². The van der Waals surface area contributed by atoms with Crippen LogP contribution in [0.1, 0.15) is 21.6 Å². The highest BCUT2D eigenvalue weighted by Gasteiger charge is 2.24. The minimum absolute atomic E-state index is 0.155. The normalized spacial score (nSPS) is 12.7. The van der Waals surface area contributed by atoms with Crippen molar-refractivity contribution < 1.29 is 9.53 Å². The zero-order valence-corrected chi connectivity index (χ0v) is 17.8. The summed E-state index contributed by atoms with van der Waals surface area (Å²) >= 11 is 7.69. The van der Waals surface area contributed by atoms with Gasteiger partial charge in [-0.3, -0.25) is 9.78 Å². The smallest absolute Gasteiger partial charge is 0.205 e. The Balaban J connectivity index is 1.49. The molecule has 0 unspecified atom stereocenters. The number of hydrogen-bond donors (Lipinski definition) is 0. The van der Waals surface area contributed by atoms with Crippen LogP contribution >= 0.6 is 22.9 Å². The molecule has 5 nitrogen and oxygen atoms in total. The van der Waals surface area contributed by atoms with Crippen LogP contribution < -0.4 is 9.64 Å². The van der Waals surface area contributed by atoms with Crippen molar-refractivity contribution in [3.63, 3.8) is 0 Å². The Morgan fingerprint density at radius 2 is 1.94 bits per heavy atom. The SMILES string of the molecule is O=C(/C=C\c1ccncc1)c1csc(N2Cc3ccccc3Oc3ccc(Cl)cc32)n1. The summed E-state index contributed by atoms with van der Waals surface area (Å²) in [7, 11) is 0. The van der Waals surface area contributed by atoms with E-state index in [-0.39, 0.29) is 5.78 Å². The zero-order chi connectivity index (χ0) is 21.2. The van der Waals surface area contributed by atoms with Crippen molar-refractivity contribution in [1.29, 1.82) is 0 Å². The van der Waals surface area contributed by atoms with Gasteiger partial charge in [0.2, 0.25) is 5.78 Å². The summed E-state index contributed by atoms with van der Waals surface area (Å²) in [5, 5.41) is 3.08. The first-order chi connectivity index (χ1) is 15.2. The van der Waals surface area contributed by atoms with Crippen LogP contribution in [0.2, 0.25) is 5.02 Å². The second kappa shape index (κ2) is 8.34. The average molecular weight is 446 g/mol. The molecule has 4 aromatic rings. The van der Waals surface area contributed by atoms with E-state index in [1.54, 1.807) is 29.9 Å². The molecule has 7 heteroatoms. The third kappa shape index (κ3) is 4.08. The fourth-order valence-electron chi connectivity index (χ4n) is 3.30. The van der Waals surface area contributed by atoms with Gasteiger partial charge in [0.1, 0.15) is 11.4 Å². The van der Waals surface area contributed by atoms with Crippen molar-refractivity contribution in [2.24, 2.45) is 0 Å². The van der Waals surface area contributed by atoms with Crippen LogP contribution in [0.3, 0.4) is 0 Å². The predicted octanol–water partition coefficient (Wildman–Crippen LogP) is 6.53. The number of fused-ring (bicyclic) bond motifs is 2. The van der Waals surface area contributed by atoms with E-state index in [2.05, 4.69) is 9.97 Å². The Bertz CT molecular complexity index is 1290. The van der Waals surface area contributed by atoms with Crippen LogP contribution in [0.4, 0.5) is 10.8 Å². The number of rotatable bonds is 4. The zero-order valence-electron chi connectivity index (χ0n) is 16.2. The molecule has 0 spiro atoms. The van der Waals surface area contributed by atoms with E-state index < -0.39 is 0 Å². The molecule has 152 valence electrons. The number of benzene rings is 2. The van der Waals surface area contributed by atoms with Crippen molar-refractivity contribution >= 4 is 45.6 Å². The largest absolute Gasteiger partial charge is 0.455 e. The van der Waals surface area contributed by atoms with E-state index in [0.29, 0.717) is 28.1 Å². The molecular formula is C24H16ClN3O2S. The number of carbonyl (C=O) groups excluding carboxylic acids is 1. The number of thiazole rings is 1. The Labute approximate surface area is 188 Å². The van der Waals surface area contributed by atoms with E-state index in [0.717, 1.165) is 22.6 Å². The van der Waals surface area contributed by atoms with E-state index in [4.69, 9.17) is 16.3 Å². The minimum Gasteiger partial charge on any atom is -0.455 e. The fourth-order valence-corrected chi connectivity index (χ4v) is 4.29. The Morgan fingerprint density at radius 1 is 1.10 bits per heavy atom. The van der Waals surface area contributed by atoms with E-state index >= 15 is 0 Å². The van der Waals surface area contributed by atoms with E-state index in [1.165, 1.54) is 17.4 Å². The lowest BCUT2D eigenvalue weighted by Crippen LogP contribution is -2.15. The second-order valence-electron chi connectivity index (χ2n) is 6.90. The first-order valence-corrected chi connectivity index (χ1v) is 10.8. The highest BCUT2D eigenvalue weighted by atomic mass is 35.5. The third-order valence-electron chi connectivity index (χ3n) is 4.84. The molecular weight excluding hydrogens is 430 g/mol. The highest BCUT2D eigenvalue weighted by Crippen LogP contribution is 2.44. The van der Waals surface area contributed by atoms with Crippen molar-refractivity contribution in [3.8, 4) is 11.5 Å². The maximum atomic E-state index is 12.7.